The van der Waals surface area contributed by atoms with Gasteiger partial charge in [-0.15, -0.1) is 0 Å². The van der Waals surface area contributed by atoms with E-state index in [9.17, 15) is 24.9 Å². The van der Waals surface area contributed by atoms with Gasteiger partial charge in [0.25, 0.3) is 0 Å². The first-order valence-electron chi connectivity index (χ1n) is 13.8. The lowest BCUT2D eigenvalue weighted by Crippen LogP contribution is -2.67. The number of aliphatic hydroxyl groups is 2. The van der Waals surface area contributed by atoms with E-state index in [0.29, 0.717) is 18.8 Å². The van der Waals surface area contributed by atoms with Crippen LogP contribution in [0, 0.1) is 50.2 Å². The second-order valence-electron chi connectivity index (χ2n) is 15.0. The monoisotopic (exact) mass is 486 g/mol. The number of hydrogen-bond acceptors (Lipinski definition) is 4. The minimum absolute atomic E-state index is 0.0115. The van der Waals surface area contributed by atoms with E-state index < -0.39 is 17.5 Å². The third-order valence-electron chi connectivity index (χ3n) is 13.2. The Morgan fingerprint density at radius 1 is 0.886 bits per heavy atom. The predicted octanol–water partition coefficient (Wildman–Crippen LogP) is 5.38. The molecular weight excluding hydrogens is 440 g/mol. The molecule has 5 rings (SSSR count). The van der Waals surface area contributed by atoms with Crippen molar-refractivity contribution in [1.82, 2.24) is 0 Å². The number of hydrogen-bond donors (Lipinski definition) is 3. The molecule has 0 aromatic heterocycles. The van der Waals surface area contributed by atoms with Crippen LogP contribution in [0.4, 0.5) is 0 Å². The number of carbonyl (C=O) groups excluding carboxylic acids is 1. The molecule has 196 valence electrons. The van der Waals surface area contributed by atoms with Crippen LogP contribution in [-0.4, -0.2) is 39.3 Å². The van der Waals surface area contributed by atoms with Crippen molar-refractivity contribution in [2.24, 2.45) is 50.2 Å². The van der Waals surface area contributed by atoms with Gasteiger partial charge in [0.1, 0.15) is 0 Å². The molecule has 35 heavy (non-hydrogen) atoms. The van der Waals surface area contributed by atoms with E-state index in [-0.39, 0.29) is 50.8 Å². The Labute approximate surface area is 210 Å². The molecule has 4 fully saturated rings. The fourth-order valence-corrected chi connectivity index (χ4v) is 10.5. The van der Waals surface area contributed by atoms with Crippen LogP contribution >= 0.6 is 0 Å². The molecular formula is C30H46O5. The lowest BCUT2D eigenvalue weighted by molar-refractivity contribution is -0.205. The van der Waals surface area contributed by atoms with Crippen LogP contribution in [0.25, 0.3) is 0 Å². The SMILES string of the molecule is CC1(C)[C@H](O)CC[C@@]2(C)[C@@H]1CC[C@]1(C)[C@H]2C(=O)C=C2[C@H]3C[C@@](C)(C(=O)O)[C@@H](O)C[C@]3(C)CC[C@]21C. The molecule has 0 bridgehead atoms. The van der Waals surface area contributed by atoms with Crippen LogP contribution in [0.3, 0.4) is 0 Å². The van der Waals surface area contributed by atoms with Crippen molar-refractivity contribution < 1.29 is 24.9 Å². The molecule has 5 aliphatic carbocycles. The summed E-state index contributed by atoms with van der Waals surface area (Å²) >= 11 is 0. The Kier molecular flexibility index (Phi) is 5.25. The van der Waals surface area contributed by atoms with Crippen molar-refractivity contribution in [1.29, 1.82) is 0 Å². The molecule has 0 aliphatic heterocycles. The molecule has 10 atom stereocenters. The molecule has 0 amide bonds. The van der Waals surface area contributed by atoms with Gasteiger partial charge in [0, 0.05) is 5.92 Å². The first-order valence-corrected chi connectivity index (χ1v) is 13.8. The number of fused-ring (bicyclic) bond motifs is 7. The minimum atomic E-state index is -1.20. The van der Waals surface area contributed by atoms with Gasteiger partial charge in [-0.3, -0.25) is 9.59 Å². The van der Waals surface area contributed by atoms with Gasteiger partial charge in [-0.25, -0.2) is 0 Å². The third-order valence-corrected chi connectivity index (χ3v) is 13.2. The summed E-state index contributed by atoms with van der Waals surface area (Å²) in [4.78, 5) is 26.5. The van der Waals surface area contributed by atoms with E-state index in [4.69, 9.17) is 0 Å². The van der Waals surface area contributed by atoms with Crippen molar-refractivity contribution >= 4 is 11.8 Å². The fourth-order valence-electron chi connectivity index (χ4n) is 10.5. The summed E-state index contributed by atoms with van der Waals surface area (Å²) in [6, 6.07) is 0. The lowest BCUT2D eigenvalue weighted by Gasteiger charge is -2.70. The summed E-state index contributed by atoms with van der Waals surface area (Å²) in [6.07, 6.45) is 7.08. The predicted molar refractivity (Wildman–Crippen MR) is 134 cm³/mol. The maximum absolute atomic E-state index is 14.2. The molecule has 5 heteroatoms. The summed E-state index contributed by atoms with van der Waals surface area (Å²) in [5.41, 5.74) is -0.977. The standard InChI is InChI=1S/C30H46O5/c1-25(2)20-8-11-30(7)23(27(20,4)10-9-21(25)32)19(31)14-17-18-15-28(5,24(34)35)22(33)16-26(18,3)12-13-29(17,30)6/h14,18,20-23,32-33H,8-13,15-16H2,1-7H3,(H,34,35)/t18-,20-,21-,22+,23+,26+,27+,28-,29-,30-/m1/s1. The van der Waals surface area contributed by atoms with Gasteiger partial charge in [0.15, 0.2) is 5.78 Å². The number of ketones is 1. The van der Waals surface area contributed by atoms with Gasteiger partial charge >= 0.3 is 5.97 Å². The number of carboxylic acids is 1. The molecule has 0 aromatic rings. The molecule has 0 radical (unpaired) electrons. The molecule has 0 aromatic carbocycles. The highest BCUT2D eigenvalue weighted by Gasteiger charge is 2.70. The lowest BCUT2D eigenvalue weighted by atomic mass is 9.33. The van der Waals surface area contributed by atoms with Crippen LogP contribution in [0.5, 0.6) is 0 Å². The Morgan fingerprint density at radius 3 is 2.17 bits per heavy atom. The van der Waals surface area contributed by atoms with E-state index in [1.54, 1.807) is 6.92 Å². The van der Waals surface area contributed by atoms with E-state index >= 15 is 0 Å². The Bertz CT molecular complexity index is 999. The average Bonchev–Trinajstić information content (AvgIpc) is 2.74. The first-order chi connectivity index (χ1) is 16.0. The van der Waals surface area contributed by atoms with Gasteiger partial charge in [0.2, 0.25) is 0 Å². The zero-order chi connectivity index (χ0) is 26.0. The van der Waals surface area contributed by atoms with E-state index in [1.165, 1.54) is 0 Å². The maximum Gasteiger partial charge on any atom is 0.312 e. The highest BCUT2D eigenvalue weighted by atomic mass is 16.4. The topological polar surface area (TPSA) is 94.8 Å². The average molecular weight is 487 g/mol. The molecule has 5 aliphatic rings. The summed E-state index contributed by atoms with van der Waals surface area (Å²) in [7, 11) is 0. The van der Waals surface area contributed by atoms with Gasteiger partial charge in [0.05, 0.1) is 17.6 Å². The Morgan fingerprint density at radius 2 is 1.54 bits per heavy atom. The van der Waals surface area contributed by atoms with E-state index in [0.717, 1.165) is 44.1 Å². The number of aliphatic hydroxyl groups excluding tert-OH is 2. The van der Waals surface area contributed by atoms with E-state index in [2.05, 4.69) is 41.5 Å². The van der Waals surface area contributed by atoms with Gasteiger partial charge in [-0.05, 0) is 103 Å². The highest BCUT2D eigenvalue weighted by molar-refractivity contribution is 5.95. The molecule has 5 nitrogen and oxygen atoms in total. The summed E-state index contributed by atoms with van der Waals surface area (Å²) in [5.74, 6) is -0.525. The molecule has 0 saturated heterocycles. The largest absolute Gasteiger partial charge is 0.481 e. The molecule has 0 heterocycles. The first kappa shape index (κ1) is 25.4. The fraction of sp³-hybridized carbons (Fsp3) is 0.867. The quantitative estimate of drug-likeness (QED) is 0.462. The van der Waals surface area contributed by atoms with Crippen LogP contribution in [0.2, 0.25) is 0 Å². The van der Waals surface area contributed by atoms with Crippen molar-refractivity contribution in [3.63, 3.8) is 0 Å². The van der Waals surface area contributed by atoms with E-state index in [1.807, 2.05) is 6.08 Å². The molecule has 3 N–H and O–H groups in total. The molecule has 0 unspecified atom stereocenters. The summed E-state index contributed by atoms with van der Waals surface area (Å²) < 4.78 is 0. The number of aliphatic carboxylic acids is 1. The minimum Gasteiger partial charge on any atom is -0.481 e. The van der Waals surface area contributed by atoms with Crippen molar-refractivity contribution in [2.75, 3.05) is 0 Å². The smallest absolute Gasteiger partial charge is 0.312 e. The number of allylic oxidation sites excluding steroid dienone is 2. The Balaban J connectivity index is 1.63. The molecule has 4 saturated carbocycles. The third kappa shape index (κ3) is 2.94. The molecule has 0 spiro atoms. The summed E-state index contributed by atoms with van der Waals surface area (Å²) in [5, 5.41) is 31.8. The zero-order valence-corrected chi connectivity index (χ0v) is 22.8. The van der Waals surface area contributed by atoms with Crippen molar-refractivity contribution in [3.05, 3.63) is 11.6 Å². The van der Waals surface area contributed by atoms with Crippen LogP contribution < -0.4 is 0 Å². The van der Waals surface area contributed by atoms with Crippen molar-refractivity contribution in [3.8, 4) is 0 Å². The normalized spacial score (nSPS) is 55.1. The van der Waals surface area contributed by atoms with Gasteiger partial charge in [-0.1, -0.05) is 47.1 Å². The second kappa shape index (κ2) is 7.22. The van der Waals surface area contributed by atoms with Crippen LogP contribution in [0.1, 0.15) is 99.8 Å². The second-order valence-corrected chi connectivity index (χ2v) is 15.0. The van der Waals surface area contributed by atoms with Crippen molar-refractivity contribution in [2.45, 2.75) is 112 Å². The zero-order valence-electron chi connectivity index (χ0n) is 22.8. The highest BCUT2D eigenvalue weighted by Crippen LogP contribution is 2.75. The maximum atomic E-state index is 14.2. The Hall–Kier alpha value is -1.20. The van der Waals surface area contributed by atoms with Crippen LogP contribution in [0.15, 0.2) is 11.6 Å². The number of rotatable bonds is 1. The summed E-state index contributed by atoms with van der Waals surface area (Å²) in [6.45, 7) is 15.3. The van der Waals surface area contributed by atoms with Gasteiger partial charge in [-0.2, -0.15) is 0 Å². The number of carboxylic acid groups (broad SMARTS) is 1. The number of carbonyl (C=O) groups is 2. The van der Waals surface area contributed by atoms with Crippen LogP contribution in [-0.2, 0) is 9.59 Å². The van der Waals surface area contributed by atoms with Gasteiger partial charge < -0.3 is 15.3 Å².